The standard InChI is InChI=1S/C11H25N/c1-5-7-8-10(3)9-11(4,12)6-2/h10H,5-9,12H2,1-4H3/t10?,11-/m1/s1. The van der Waals surface area contributed by atoms with Gasteiger partial charge in [0, 0.05) is 5.54 Å². The van der Waals surface area contributed by atoms with Gasteiger partial charge in [-0.2, -0.15) is 0 Å². The van der Waals surface area contributed by atoms with Crippen LogP contribution < -0.4 is 5.73 Å². The van der Waals surface area contributed by atoms with E-state index < -0.39 is 0 Å². The molecule has 0 amide bonds. The van der Waals surface area contributed by atoms with Gasteiger partial charge in [-0.1, -0.05) is 40.0 Å². The van der Waals surface area contributed by atoms with Gasteiger partial charge in [-0.25, -0.2) is 0 Å². The van der Waals surface area contributed by atoms with Crippen molar-refractivity contribution in [1.29, 1.82) is 0 Å². The molecule has 0 bridgehead atoms. The molecule has 1 nitrogen and oxygen atoms in total. The van der Waals surface area contributed by atoms with Crippen LogP contribution in [0.3, 0.4) is 0 Å². The van der Waals surface area contributed by atoms with E-state index in [1.54, 1.807) is 0 Å². The fraction of sp³-hybridized carbons (Fsp3) is 1.00. The molecule has 0 aliphatic carbocycles. The fourth-order valence-electron chi connectivity index (χ4n) is 1.60. The molecule has 0 aliphatic heterocycles. The molecule has 0 aromatic heterocycles. The highest BCUT2D eigenvalue weighted by molar-refractivity contribution is 4.78. The van der Waals surface area contributed by atoms with Crippen molar-refractivity contribution >= 4 is 0 Å². The van der Waals surface area contributed by atoms with Crippen LogP contribution >= 0.6 is 0 Å². The molecule has 2 atom stereocenters. The number of hydrogen-bond donors (Lipinski definition) is 1. The molecule has 0 fully saturated rings. The van der Waals surface area contributed by atoms with Gasteiger partial charge in [0.2, 0.25) is 0 Å². The van der Waals surface area contributed by atoms with Gasteiger partial charge in [0.15, 0.2) is 0 Å². The van der Waals surface area contributed by atoms with Crippen molar-refractivity contribution in [2.45, 2.75) is 65.3 Å². The lowest BCUT2D eigenvalue weighted by molar-refractivity contribution is 0.327. The average molecular weight is 171 g/mol. The molecule has 12 heavy (non-hydrogen) atoms. The third kappa shape index (κ3) is 5.59. The summed E-state index contributed by atoms with van der Waals surface area (Å²) in [5, 5.41) is 0. The van der Waals surface area contributed by atoms with Crippen LogP contribution in [0.2, 0.25) is 0 Å². The van der Waals surface area contributed by atoms with Gasteiger partial charge in [-0.3, -0.25) is 0 Å². The smallest absolute Gasteiger partial charge is 0.0125 e. The molecule has 0 spiro atoms. The third-order valence-corrected chi connectivity index (χ3v) is 2.67. The minimum absolute atomic E-state index is 0.0627. The molecule has 0 rings (SSSR count). The Balaban J connectivity index is 3.60. The highest BCUT2D eigenvalue weighted by Crippen LogP contribution is 2.21. The van der Waals surface area contributed by atoms with Gasteiger partial charge in [0.1, 0.15) is 0 Å². The number of unbranched alkanes of at least 4 members (excludes halogenated alkanes) is 1. The van der Waals surface area contributed by atoms with E-state index in [-0.39, 0.29) is 5.54 Å². The SMILES string of the molecule is CCCCC(C)C[C@](C)(N)CC. The van der Waals surface area contributed by atoms with E-state index in [4.69, 9.17) is 5.73 Å². The molecule has 0 heterocycles. The van der Waals surface area contributed by atoms with Crippen molar-refractivity contribution in [3.63, 3.8) is 0 Å². The summed E-state index contributed by atoms with van der Waals surface area (Å²) in [6.45, 7) is 8.90. The molecular weight excluding hydrogens is 146 g/mol. The molecule has 1 heteroatoms. The Hall–Kier alpha value is -0.0400. The van der Waals surface area contributed by atoms with E-state index in [1.165, 1.54) is 25.7 Å². The summed E-state index contributed by atoms with van der Waals surface area (Å²) in [6.07, 6.45) is 6.25. The zero-order valence-corrected chi connectivity index (χ0v) is 9.19. The Morgan fingerprint density at radius 2 is 1.92 bits per heavy atom. The first-order valence-electron chi connectivity index (χ1n) is 5.30. The zero-order valence-electron chi connectivity index (χ0n) is 9.19. The third-order valence-electron chi connectivity index (χ3n) is 2.67. The molecule has 0 aromatic rings. The van der Waals surface area contributed by atoms with Crippen molar-refractivity contribution in [3.8, 4) is 0 Å². The number of rotatable bonds is 6. The van der Waals surface area contributed by atoms with Crippen molar-refractivity contribution in [1.82, 2.24) is 0 Å². The van der Waals surface area contributed by atoms with Crippen LogP contribution in [0.4, 0.5) is 0 Å². The molecule has 0 aliphatic rings. The molecule has 2 N–H and O–H groups in total. The van der Waals surface area contributed by atoms with Gasteiger partial charge in [0.25, 0.3) is 0 Å². The van der Waals surface area contributed by atoms with Crippen molar-refractivity contribution in [2.24, 2.45) is 11.7 Å². The molecule has 74 valence electrons. The van der Waals surface area contributed by atoms with Gasteiger partial charge in [-0.05, 0) is 25.7 Å². The Morgan fingerprint density at radius 3 is 2.33 bits per heavy atom. The van der Waals surface area contributed by atoms with E-state index in [0.717, 1.165) is 12.3 Å². The van der Waals surface area contributed by atoms with E-state index in [0.29, 0.717) is 0 Å². The van der Waals surface area contributed by atoms with Gasteiger partial charge in [0.05, 0.1) is 0 Å². The van der Waals surface area contributed by atoms with Crippen LogP contribution in [0.15, 0.2) is 0 Å². The molecule has 0 saturated carbocycles. The van der Waals surface area contributed by atoms with E-state index in [1.807, 2.05) is 0 Å². The monoisotopic (exact) mass is 171 g/mol. The maximum Gasteiger partial charge on any atom is 0.0125 e. The first-order valence-corrected chi connectivity index (χ1v) is 5.30. The van der Waals surface area contributed by atoms with Crippen LogP contribution in [0.5, 0.6) is 0 Å². The second-order valence-corrected chi connectivity index (χ2v) is 4.46. The molecule has 0 aromatic carbocycles. The first kappa shape index (κ1) is 12.0. The van der Waals surface area contributed by atoms with Crippen LogP contribution in [-0.2, 0) is 0 Å². The Kier molecular flexibility index (Phi) is 5.56. The summed E-state index contributed by atoms with van der Waals surface area (Å²) >= 11 is 0. The van der Waals surface area contributed by atoms with Crippen LogP contribution in [0, 0.1) is 5.92 Å². The maximum atomic E-state index is 6.09. The van der Waals surface area contributed by atoms with E-state index in [9.17, 15) is 0 Å². The fourth-order valence-corrected chi connectivity index (χ4v) is 1.60. The second kappa shape index (κ2) is 5.58. The highest BCUT2D eigenvalue weighted by Gasteiger charge is 2.18. The molecular formula is C11H25N. The molecule has 0 saturated heterocycles. The van der Waals surface area contributed by atoms with Crippen LogP contribution in [0.1, 0.15) is 59.8 Å². The summed E-state index contributed by atoms with van der Waals surface area (Å²) in [4.78, 5) is 0. The van der Waals surface area contributed by atoms with E-state index >= 15 is 0 Å². The minimum Gasteiger partial charge on any atom is -0.325 e. The minimum atomic E-state index is 0.0627. The van der Waals surface area contributed by atoms with Crippen molar-refractivity contribution in [3.05, 3.63) is 0 Å². The van der Waals surface area contributed by atoms with Crippen LogP contribution in [0.25, 0.3) is 0 Å². The lowest BCUT2D eigenvalue weighted by atomic mass is 9.86. The van der Waals surface area contributed by atoms with Crippen molar-refractivity contribution in [2.75, 3.05) is 0 Å². The van der Waals surface area contributed by atoms with Gasteiger partial charge >= 0.3 is 0 Å². The maximum absolute atomic E-state index is 6.09. The summed E-state index contributed by atoms with van der Waals surface area (Å²) < 4.78 is 0. The van der Waals surface area contributed by atoms with Crippen LogP contribution in [-0.4, -0.2) is 5.54 Å². The predicted molar refractivity (Wildman–Crippen MR) is 56.2 cm³/mol. The Bertz CT molecular complexity index is 108. The number of nitrogens with two attached hydrogens (primary N) is 1. The topological polar surface area (TPSA) is 26.0 Å². The Labute approximate surface area is 77.7 Å². The summed E-state index contributed by atoms with van der Waals surface area (Å²) in [5.41, 5.74) is 6.15. The number of hydrogen-bond acceptors (Lipinski definition) is 1. The quantitative estimate of drug-likeness (QED) is 0.652. The zero-order chi connectivity index (χ0) is 9.61. The lowest BCUT2D eigenvalue weighted by Crippen LogP contribution is -2.36. The summed E-state index contributed by atoms with van der Waals surface area (Å²) in [6, 6.07) is 0. The van der Waals surface area contributed by atoms with Gasteiger partial charge in [-0.15, -0.1) is 0 Å². The normalized spacial score (nSPS) is 18.8. The summed E-state index contributed by atoms with van der Waals surface area (Å²) in [5.74, 6) is 0.792. The summed E-state index contributed by atoms with van der Waals surface area (Å²) in [7, 11) is 0. The van der Waals surface area contributed by atoms with Gasteiger partial charge < -0.3 is 5.73 Å². The molecule has 0 radical (unpaired) electrons. The predicted octanol–water partition coefficient (Wildman–Crippen LogP) is 3.33. The highest BCUT2D eigenvalue weighted by atomic mass is 14.7. The average Bonchev–Trinajstić information content (AvgIpc) is 2.00. The van der Waals surface area contributed by atoms with E-state index in [2.05, 4.69) is 27.7 Å². The second-order valence-electron chi connectivity index (χ2n) is 4.46. The Morgan fingerprint density at radius 1 is 1.33 bits per heavy atom. The van der Waals surface area contributed by atoms with Crippen molar-refractivity contribution < 1.29 is 0 Å². The first-order chi connectivity index (χ1) is 5.52. The molecule has 1 unspecified atom stereocenters. The largest absolute Gasteiger partial charge is 0.325 e. The lowest BCUT2D eigenvalue weighted by Gasteiger charge is -2.26.